The van der Waals surface area contributed by atoms with Gasteiger partial charge in [0.25, 0.3) is 0 Å². The van der Waals surface area contributed by atoms with Crippen LogP contribution in [0.4, 0.5) is 0 Å². The first-order chi connectivity index (χ1) is 10.2. The summed E-state index contributed by atoms with van der Waals surface area (Å²) in [6, 6.07) is 20.4. The number of aromatic hydroxyl groups is 3. The molecule has 0 unspecified atom stereocenters. The highest BCUT2D eigenvalue weighted by Crippen LogP contribution is 2.44. The number of rotatable bonds is 2. The van der Waals surface area contributed by atoms with Crippen molar-refractivity contribution in [3.63, 3.8) is 0 Å². The average Bonchev–Trinajstić information content (AvgIpc) is 2.54. The summed E-state index contributed by atoms with van der Waals surface area (Å²) in [5.41, 5.74) is 3.22. The lowest BCUT2D eigenvalue weighted by Crippen LogP contribution is -1.86. The average molecular weight is 278 g/mol. The molecule has 0 bridgehead atoms. The van der Waals surface area contributed by atoms with Crippen LogP contribution in [0, 0.1) is 0 Å². The zero-order valence-corrected chi connectivity index (χ0v) is 11.2. The van der Waals surface area contributed by atoms with E-state index in [0.717, 1.165) is 16.7 Å². The maximum Gasteiger partial charge on any atom is 0.200 e. The molecule has 0 fully saturated rings. The van der Waals surface area contributed by atoms with Gasteiger partial charge < -0.3 is 15.3 Å². The van der Waals surface area contributed by atoms with E-state index in [9.17, 15) is 15.3 Å². The summed E-state index contributed by atoms with van der Waals surface area (Å²) < 4.78 is 0. The molecular formula is C18H14O3. The van der Waals surface area contributed by atoms with Gasteiger partial charge in [-0.15, -0.1) is 0 Å². The number of phenols is 3. The summed E-state index contributed by atoms with van der Waals surface area (Å²) in [6.07, 6.45) is 0. The van der Waals surface area contributed by atoms with E-state index in [-0.39, 0.29) is 11.5 Å². The van der Waals surface area contributed by atoms with Crippen molar-refractivity contribution in [3.8, 4) is 39.5 Å². The lowest BCUT2D eigenvalue weighted by atomic mass is 9.94. The van der Waals surface area contributed by atoms with Crippen molar-refractivity contribution in [3.05, 3.63) is 66.7 Å². The van der Waals surface area contributed by atoms with Crippen molar-refractivity contribution in [1.82, 2.24) is 0 Å². The Kier molecular flexibility index (Phi) is 3.24. The Labute approximate surface area is 122 Å². The van der Waals surface area contributed by atoms with Crippen molar-refractivity contribution in [2.24, 2.45) is 0 Å². The highest BCUT2D eigenvalue weighted by atomic mass is 16.3. The van der Waals surface area contributed by atoms with Crippen LogP contribution in [0.25, 0.3) is 22.3 Å². The van der Waals surface area contributed by atoms with Crippen LogP contribution in [0.2, 0.25) is 0 Å². The predicted molar refractivity (Wildman–Crippen MR) is 82.3 cm³/mol. The largest absolute Gasteiger partial charge is 0.504 e. The van der Waals surface area contributed by atoms with Crippen LogP contribution >= 0.6 is 0 Å². The monoisotopic (exact) mass is 278 g/mol. The van der Waals surface area contributed by atoms with Crippen molar-refractivity contribution in [1.29, 1.82) is 0 Å². The van der Waals surface area contributed by atoms with Gasteiger partial charge in [0.2, 0.25) is 5.75 Å². The Morgan fingerprint density at radius 1 is 0.476 bits per heavy atom. The summed E-state index contributed by atoms with van der Waals surface area (Å²) in [6.45, 7) is 0. The number of phenolic OH excluding ortho intramolecular Hbond substituents is 3. The van der Waals surface area contributed by atoms with Crippen LogP contribution < -0.4 is 0 Å². The fourth-order valence-electron chi connectivity index (χ4n) is 2.37. The highest BCUT2D eigenvalue weighted by molar-refractivity contribution is 5.87. The van der Waals surface area contributed by atoms with E-state index in [4.69, 9.17) is 0 Å². The number of hydrogen-bond acceptors (Lipinski definition) is 3. The van der Waals surface area contributed by atoms with Crippen molar-refractivity contribution in [2.45, 2.75) is 0 Å². The Balaban J connectivity index is 2.23. The van der Waals surface area contributed by atoms with Crippen molar-refractivity contribution in [2.75, 3.05) is 0 Å². The fourth-order valence-corrected chi connectivity index (χ4v) is 2.37. The minimum Gasteiger partial charge on any atom is -0.504 e. The molecule has 0 aromatic heterocycles. The van der Waals surface area contributed by atoms with Crippen molar-refractivity contribution >= 4 is 0 Å². The van der Waals surface area contributed by atoms with Gasteiger partial charge in [-0.1, -0.05) is 54.6 Å². The lowest BCUT2D eigenvalue weighted by Gasteiger charge is -2.12. The minimum absolute atomic E-state index is 0.321. The lowest BCUT2D eigenvalue weighted by molar-refractivity contribution is 0.369. The van der Waals surface area contributed by atoms with E-state index in [1.54, 1.807) is 6.07 Å². The van der Waals surface area contributed by atoms with E-state index in [2.05, 4.69) is 0 Å². The first kappa shape index (κ1) is 13.1. The SMILES string of the molecule is Oc1ccc(-c2ccccc2-c2ccccc2)c(O)c1O. The van der Waals surface area contributed by atoms with Gasteiger partial charge in [0.05, 0.1) is 0 Å². The molecule has 0 spiro atoms. The summed E-state index contributed by atoms with van der Waals surface area (Å²) >= 11 is 0. The number of benzene rings is 3. The molecule has 3 heteroatoms. The third-order valence-corrected chi connectivity index (χ3v) is 3.43. The van der Waals surface area contributed by atoms with Gasteiger partial charge in [-0.2, -0.15) is 0 Å². The van der Waals surface area contributed by atoms with E-state index < -0.39 is 5.75 Å². The molecule has 0 radical (unpaired) electrons. The predicted octanol–water partition coefficient (Wildman–Crippen LogP) is 4.14. The molecule has 0 aliphatic heterocycles. The quantitative estimate of drug-likeness (QED) is 0.617. The van der Waals surface area contributed by atoms with Crippen molar-refractivity contribution < 1.29 is 15.3 Å². The Bertz CT molecular complexity index is 780. The molecule has 104 valence electrons. The highest BCUT2D eigenvalue weighted by Gasteiger charge is 2.15. The van der Waals surface area contributed by atoms with E-state index in [1.807, 2.05) is 54.6 Å². The first-order valence-corrected chi connectivity index (χ1v) is 6.57. The molecule has 0 amide bonds. The van der Waals surface area contributed by atoms with Crippen LogP contribution in [-0.2, 0) is 0 Å². The third kappa shape index (κ3) is 2.30. The molecule has 21 heavy (non-hydrogen) atoms. The molecule has 3 rings (SSSR count). The van der Waals surface area contributed by atoms with Gasteiger partial charge in [-0.05, 0) is 28.8 Å². The van der Waals surface area contributed by atoms with Gasteiger partial charge in [0.15, 0.2) is 11.5 Å². The molecule has 3 N–H and O–H groups in total. The smallest absolute Gasteiger partial charge is 0.200 e. The topological polar surface area (TPSA) is 60.7 Å². The van der Waals surface area contributed by atoms with Gasteiger partial charge in [-0.25, -0.2) is 0 Å². The van der Waals surface area contributed by atoms with Crippen LogP contribution in [-0.4, -0.2) is 15.3 Å². The van der Waals surface area contributed by atoms with Gasteiger partial charge in [-0.3, -0.25) is 0 Å². The third-order valence-electron chi connectivity index (χ3n) is 3.43. The maximum absolute atomic E-state index is 10.1. The van der Waals surface area contributed by atoms with Crippen LogP contribution in [0.5, 0.6) is 17.2 Å². The Hall–Kier alpha value is -2.94. The molecule has 0 heterocycles. The summed E-state index contributed by atoms with van der Waals surface area (Å²) in [5, 5.41) is 29.3. The zero-order valence-electron chi connectivity index (χ0n) is 11.2. The van der Waals surface area contributed by atoms with Crippen LogP contribution in [0.1, 0.15) is 0 Å². The normalized spacial score (nSPS) is 10.5. The molecule has 3 aromatic rings. The number of hydrogen-bond donors (Lipinski definition) is 3. The molecule has 0 saturated heterocycles. The van der Waals surface area contributed by atoms with E-state index >= 15 is 0 Å². The molecule has 0 aliphatic rings. The first-order valence-electron chi connectivity index (χ1n) is 6.57. The van der Waals surface area contributed by atoms with E-state index in [0.29, 0.717) is 5.56 Å². The van der Waals surface area contributed by atoms with Crippen LogP contribution in [0.3, 0.4) is 0 Å². The molecular weight excluding hydrogens is 264 g/mol. The van der Waals surface area contributed by atoms with E-state index in [1.165, 1.54) is 6.07 Å². The second kappa shape index (κ2) is 5.21. The second-order valence-corrected chi connectivity index (χ2v) is 4.74. The standard InChI is InChI=1S/C18H14O3/c19-16-11-10-15(17(20)18(16)21)14-9-5-4-8-13(14)12-6-2-1-3-7-12/h1-11,19-21H. The molecule has 0 saturated carbocycles. The fraction of sp³-hybridized carbons (Fsp3) is 0. The van der Waals surface area contributed by atoms with Gasteiger partial charge in [0.1, 0.15) is 0 Å². The second-order valence-electron chi connectivity index (χ2n) is 4.74. The summed E-state index contributed by atoms with van der Waals surface area (Å²) in [4.78, 5) is 0. The van der Waals surface area contributed by atoms with Gasteiger partial charge in [0, 0.05) is 5.56 Å². The molecule has 0 aliphatic carbocycles. The Morgan fingerprint density at radius 2 is 1.10 bits per heavy atom. The minimum atomic E-state index is -0.504. The summed E-state index contributed by atoms with van der Waals surface area (Å²) in [5.74, 6) is -1.16. The molecule has 3 aromatic carbocycles. The molecule has 3 nitrogen and oxygen atoms in total. The zero-order chi connectivity index (χ0) is 14.8. The summed E-state index contributed by atoms with van der Waals surface area (Å²) in [7, 11) is 0. The molecule has 0 atom stereocenters. The van der Waals surface area contributed by atoms with Crippen LogP contribution in [0.15, 0.2) is 66.7 Å². The van der Waals surface area contributed by atoms with Gasteiger partial charge >= 0.3 is 0 Å². The maximum atomic E-state index is 10.1. The Morgan fingerprint density at radius 3 is 1.81 bits per heavy atom.